The van der Waals surface area contributed by atoms with E-state index in [4.69, 9.17) is 14.2 Å². The number of carbonyl (C=O) groups excluding carboxylic acids is 2. The number of benzene rings is 1. The summed E-state index contributed by atoms with van der Waals surface area (Å²) in [6.45, 7) is 12.6. The minimum Gasteiger partial charge on any atom is -0.487 e. The van der Waals surface area contributed by atoms with Gasteiger partial charge in [0.05, 0.1) is 0 Å². The molecule has 1 rings (SSSR count). The molecule has 0 heterocycles. The summed E-state index contributed by atoms with van der Waals surface area (Å²) in [5, 5.41) is 2.49. The number of hydrogen-bond donors (Lipinski definition) is 1. The normalized spacial score (nSPS) is 14.9. The highest BCUT2D eigenvalue weighted by atomic mass is 16.6. The van der Waals surface area contributed by atoms with Crippen LogP contribution in [0.3, 0.4) is 0 Å². The van der Waals surface area contributed by atoms with Crippen molar-refractivity contribution >= 4 is 12.1 Å². The van der Waals surface area contributed by atoms with Crippen LogP contribution in [0.2, 0.25) is 0 Å². The minimum atomic E-state index is -0.824. The van der Waals surface area contributed by atoms with E-state index in [1.54, 1.807) is 27.7 Å². The molecule has 3 atom stereocenters. The third-order valence-corrected chi connectivity index (χ3v) is 3.52. The van der Waals surface area contributed by atoms with Crippen molar-refractivity contribution in [2.45, 2.75) is 72.3 Å². The Labute approximate surface area is 156 Å². The topological polar surface area (TPSA) is 73.9 Å². The molecule has 1 aromatic rings. The summed E-state index contributed by atoms with van der Waals surface area (Å²) in [5.41, 5.74) is -0.633. The van der Waals surface area contributed by atoms with Crippen molar-refractivity contribution in [3.63, 3.8) is 0 Å². The second kappa shape index (κ2) is 9.46. The highest BCUT2D eigenvalue weighted by Gasteiger charge is 2.30. The lowest BCUT2D eigenvalue weighted by atomic mass is 10.0. The molecule has 0 aliphatic rings. The van der Waals surface area contributed by atoms with Gasteiger partial charge in [-0.1, -0.05) is 32.0 Å². The average Bonchev–Trinajstić information content (AvgIpc) is 2.50. The fraction of sp³-hybridized carbons (Fsp3) is 0.600. The summed E-state index contributed by atoms with van der Waals surface area (Å²) in [6, 6.07) is 8.54. The molecule has 0 spiro atoms. The molecule has 1 unspecified atom stereocenters. The van der Waals surface area contributed by atoms with E-state index in [1.807, 2.05) is 51.1 Å². The number of nitrogens with one attached hydrogen (secondary N) is 1. The molecule has 0 saturated heterocycles. The molecular weight excluding hydrogens is 334 g/mol. The van der Waals surface area contributed by atoms with Gasteiger partial charge in [-0.05, 0) is 52.7 Å². The van der Waals surface area contributed by atoms with Crippen molar-refractivity contribution in [1.29, 1.82) is 0 Å². The van der Waals surface area contributed by atoms with Crippen LogP contribution in [0.4, 0.5) is 4.79 Å². The molecule has 1 aromatic carbocycles. The van der Waals surface area contributed by atoms with Crippen LogP contribution in [0.1, 0.15) is 48.5 Å². The summed E-state index contributed by atoms with van der Waals surface area (Å²) in [5.74, 6) is 0.228. The zero-order valence-corrected chi connectivity index (χ0v) is 16.7. The van der Waals surface area contributed by atoms with Crippen LogP contribution in [-0.4, -0.2) is 35.9 Å². The Kier molecular flexibility index (Phi) is 7.93. The summed E-state index contributed by atoms with van der Waals surface area (Å²) >= 11 is 0. The molecule has 1 N–H and O–H groups in total. The minimum absolute atomic E-state index is 0.0476. The second-order valence-corrected chi connectivity index (χ2v) is 7.65. The Morgan fingerprint density at radius 3 is 2.08 bits per heavy atom. The standard InChI is InChI=1S/C20H31NO5/c1-13(2)17(15(4)24-16-11-9-8-10-12-16)25-18(22)14(3)21-19(23)26-20(5,6)7/h8-15,17H,1-7H3,(H,21,23)/t14-,15+,17?/m0/s1. The number of carbonyl (C=O) groups is 2. The van der Waals surface area contributed by atoms with Gasteiger partial charge in [0.25, 0.3) is 0 Å². The molecule has 0 aliphatic heterocycles. The highest BCUT2D eigenvalue weighted by molar-refractivity contribution is 5.81. The van der Waals surface area contributed by atoms with Crippen molar-refractivity contribution in [3.8, 4) is 5.75 Å². The Morgan fingerprint density at radius 1 is 1.00 bits per heavy atom. The van der Waals surface area contributed by atoms with Gasteiger partial charge in [0.15, 0.2) is 0 Å². The summed E-state index contributed by atoms with van der Waals surface area (Å²) in [6.07, 6.45) is -1.45. The molecule has 6 heteroatoms. The van der Waals surface area contributed by atoms with Crippen molar-refractivity contribution in [2.24, 2.45) is 5.92 Å². The zero-order chi connectivity index (χ0) is 19.9. The maximum absolute atomic E-state index is 12.4. The SMILES string of the molecule is CC(C)C(OC(=O)[C@H](C)NC(=O)OC(C)(C)C)[C@@H](C)Oc1ccccc1. The molecule has 6 nitrogen and oxygen atoms in total. The molecule has 26 heavy (non-hydrogen) atoms. The van der Waals surface area contributed by atoms with Crippen LogP contribution in [0.15, 0.2) is 30.3 Å². The fourth-order valence-corrected chi connectivity index (χ4v) is 2.33. The lowest BCUT2D eigenvalue weighted by molar-refractivity contribution is -0.158. The third kappa shape index (κ3) is 7.76. The zero-order valence-electron chi connectivity index (χ0n) is 16.7. The second-order valence-electron chi connectivity index (χ2n) is 7.65. The van der Waals surface area contributed by atoms with Crippen LogP contribution >= 0.6 is 0 Å². The van der Waals surface area contributed by atoms with Gasteiger partial charge in [-0.3, -0.25) is 0 Å². The first-order chi connectivity index (χ1) is 12.0. The van der Waals surface area contributed by atoms with Gasteiger partial charge < -0.3 is 19.5 Å². The van der Waals surface area contributed by atoms with Gasteiger partial charge in [-0.25, -0.2) is 9.59 Å². The highest BCUT2D eigenvalue weighted by Crippen LogP contribution is 2.19. The van der Waals surface area contributed by atoms with Crippen molar-refractivity contribution in [3.05, 3.63) is 30.3 Å². The molecule has 0 fully saturated rings. The smallest absolute Gasteiger partial charge is 0.408 e. The van der Waals surface area contributed by atoms with Crippen LogP contribution in [0, 0.1) is 5.92 Å². The van der Waals surface area contributed by atoms with E-state index in [0.717, 1.165) is 0 Å². The summed E-state index contributed by atoms with van der Waals surface area (Å²) < 4.78 is 16.6. The number of alkyl carbamates (subject to hydrolysis) is 1. The fourth-order valence-electron chi connectivity index (χ4n) is 2.33. The monoisotopic (exact) mass is 365 g/mol. The van der Waals surface area contributed by atoms with E-state index in [0.29, 0.717) is 5.75 Å². The first-order valence-electron chi connectivity index (χ1n) is 8.91. The van der Waals surface area contributed by atoms with E-state index < -0.39 is 29.8 Å². The molecule has 1 amide bonds. The quantitative estimate of drug-likeness (QED) is 0.741. The van der Waals surface area contributed by atoms with E-state index in [9.17, 15) is 9.59 Å². The maximum atomic E-state index is 12.4. The molecular formula is C20H31NO5. The van der Waals surface area contributed by atoms with Gasteiger partial charge in [0.1, 0.15) is 29.6 Å². The van der Waals surface area contributed by atoms with Crippen molar-refractivity contribution in [2.75, 3.05) is 0 Å². The van der Waals surface area contributed by atoms with E-state index in [-0.39, 0.29) is 12.0 Å². The largest absolute Gasteiger partial charge is 0.487 e. The van der Waals surface area contributed by atoms with Crippen molar-refractivity contribution < 1.29 is 23.8 Å². The van der Waals surface area contributed by atoms with Gasteiger partial charge in [0.2, 0.25) is 0 Å². The number of para-hydroxylation sites is 1. The first kappa shape index (κ1) is 21.8. The molecule has 0 saturated carbocycles. The van der Waals surface area contributed by atoms with Crippen LogP contribution in [0.5, 0.6) is 5.75 Å². The first-order valence-corrected chi connectivity index (χ1v) is 8.91. The Hall–Kier alpha value is -2.24. The van der Waals surface area contributed by atoms with E-state index in [2.05, 4.69) is 5.32 Å². The predicted molar refractivity (Wildman–Crippen MR) is 100 cm³/mol. The Balaban J connectivity index is 2.65. The molecule has 146 valence electrons. The van der Waals surface area contributed by atoms with Crippen LogP contribution in [-0.2, 0) is 14.3 Å². The number of rotatable bonds is 7. The third-order valence-electron chi connectivity index (χ3n) is 3.52. The molecule has 0 aliphatic carbocycles. The lowest BCUT2D eigenvalue weighted by Crippen LogP contribution is -2.46. The Bertz CT molecular complexity index is 580. The Morgan fingerprint density at radius 2 is 1.58 bits per heavy atom. The molecule has 0 bridgehead atoms. The van der Waals surface area contributed by atoms with Crippen LogP contribution in [0.25, 0.3) is 0 Å². The number of hydrogen-bond acceptors (Lipinski definition) is 5. The summed E-state index contributed by atoms with van der Waals surface area (Å²) in [7, 11) is 0. The van der Waals surface area contributed by atoms with Gasteiger partial charge in [0, 0.05) is 0 Å². The number of esters is 1. The molecule has 0 radical (unpaired) electrons. The van der Waals surface area contributed by atoms with Crippen LogP contribution < -0.4 is 10.1 Å². The van der Waals surface area contributed by atoms with Gasteiger partial charge in [-0.15, -0.1) is 0 Å². The molecule has 0 aromatic heterocycles. The number of ether oxygens (including phenoxy) is 3. The maximum Gasteiger partial charge on any atom is 0.408 e. The van der Waals surface area contributed by atoms with E-state index in [1.165, 1.54) is 0 Å². The number of amides is 1. The van der Waals surface area contributed by atoms with Gasteiger partial charge >= 0.3 is 12.1 Å². The average molecular weight is 365 g/mol. The van der Waals surface area contributed by atoms with Crippen molar-refractivity contribution in [1.82, 2.24) is 5.32 Å². The lowest BCUT2D eigenvalue weighted by Gasteiger charge is -2.29. The summed E-state index contributed by atoms with van der Waals surface area (Å²) in [4.78, 5) is 24.2. The predicted octanol–water partition coefficient (Wildman–Crippen LogP) is 3.93. The van der Waals surface area contributed by atoms with E-state index >= 15 is 0 Å². The van der Waals surface area contributed by atoms with Gasteiger partial charge in [-0.2, -0.15) is 0 Å².